The Labute approximate surface area is 151 Å². The minimum Gasteiger partial charge on any atom is -0.374 e. The van der Waals surface area contributed by atoms with Crippen molar-refractivity contribution in [3.8, 4) is 11.1 Å². The minimum atomic E-state index is -6.38. The summed E-state index contributed by atoms with van der Waals surface area (Å²) >= 11 is 0. The molecule has 2 aromatic rings. The number of benzene rings is 2. The van der Waals surface area contributed by atoms with E-state index in [1.165, 1.54) is 12.1 Å². The molecule has 0 radical (unpaired) electrons. The molecule has 0 aromatic heterocycles. The molecular formula is C19H17F7O. The molecule has 0 aliphatic rings. The van der Waals surface area contributed by atoms with Crippen LogP contribution in [0.2, 0.25) is 0 Å². The standard InChI is InChI=1S/C19H17F7O/c1-16(27-2,12-17(20,21)18(22,23)19(24,25)26)15-11-7-6-10-14(15)13-8-4-3-5-9-13/h3-11H,12H2,1-2H3. The Morgan fingerprint density at radius 2 is 1.30 bits per heavy atom. The van der Waals surface area contributed by atoms with Crippen molar-refractivity contribution >= 4 is 0 Å². The molecule has 2 rings (SSSR count). The smallest absolute Gasteiger partial charge is 0.374 e. The lowest BCUT2D eigenvalue weighted by molar-refractivity contribution is -0.361. The summed E-state index contributed by atoms with van der Waals surface area (Å²) < 4.78 is 97.4. The maximum Gasteiger partial charge on any atom is 0.459 e. The number of hydrogen-bond donors (Lipinski definition) is 0. The van der Waals surface area contributed by atoms with Gasteiger partial charge in [0.2, 0.25) is 0 Å². The zero-order chi connectivity index (χ0) is 20.5. The van der Waals surface area contributed by atoms with E-state index in [4.69, 9.17) is 4.74 Å². The van der Waals surface area contributed by atoms with Gasteiger partial charge in [0.1, 0.15) is 0 Å². The molecule has 1 nitrogen and oxygen atoms in total. The first-order chi connectivity index (χ1) is 12.4. The Morgan fingerprint density at radius 1 is 0.778 bits per heavy atom. The fourth-order valence-electron chi connectivity index (χ4n) is 2.83. The molecule has 0 fully saturated rings. The number of hydrogen-bond acceptors (Lipinski definition) is 1. The molecule has 1 atom stereocenters. The third-order valence-corrected chi connectivity index (χ3v) is 4.41. The van der Waals surface area contributed by atoms with Crippen molar-refractivity contribution in [3.05, 3.63) is 60.2 Å². The molecule has 27 heavy (non-hydrogen) atoms. The van der Waals surface area contributed by atoms with Crippen LogP contribution in [-0.4, -0.2) is 25.1 Å². The van der Waals surface area contributed by atoms with E-state index in [0.29, 0.717) is 11.1 Å². The van der Waals surface area contributed by atoms with Gasteiger partial charge in [0.05, 0.1) is 12.0 Å². The van der Waals surface area contributed by atoms with Crippen molar-refractivity contribution < 1.29 is 35.5 Å². The van der Waals surface area contributed by atoms with Crippen molar-refractivity contribution in [3.63, 3.8) is 0 Å². The second-order valence-corrected chi connectivity index (χ2v) is 6.30. The summed E-state index contributed by atoms with van der Waals surface area (Å²) in [6.07, 6.45) is -8.24. The van der Waals surface area contributed by atoms with Crippen LogP contribution in [-0.2, 0) is 10.3 Å². The van der Waals surface area contributed by atoms with Crippen molar-refractivity contribution in [1.29, 1.82) is 0 Å². The number of ether oxygens (including phenoxy) is 1. The van der Waals surface area contributed by atoms with Gasteiger partial charge in [-0.25, -0.2) is 0 Å². The summed E-state index contributed by atoms with van der Waals surface area (Å²) in [5.41, 5.74) is -1.03. The van der Waals surface area contributed by atoms with Crippen LogP contribution in [0.25, 0.3) is 11.1 Å². The van der Waals surface area contributed by atoms with Gasteiger partial charge in [-0.2, -0.15) is 30.7 Å². The van der Waals surface area contributed by atoms with Crippen LogP contribution >= 0.6 is 0 Å². The first kappa shape index (κ1) is 21.2. The minimum absolute atomic E-state index is 0.0800. The first-order valence-corrected chi connectivity index (χ1v) is 7.88. The van der Waals surface area contributed by atoms with Crippen LogP contribution in [0.1, 0.15) is 18.9 Å². The zero-order valence-electron chi connectivity index (χ0n) is 14.5. The number of methoxy groups -OCH3 is 1. The van der Waals surface area contributed by atoms with Crippen LogP contribution in [0.4, 0.5) is 30.7 Å². The molecule has 0 aliphatic carbocycles. The van der Waals surface area contributed by atoms with E-state index >= 15 is 0 Å². The second-order valence-electron chi connectivity index (χ2n) is 6.30. The Kier molecular flexibility index (Phi) is 5.61. The first-order valence-electron chi connectivity index (χ1n) is 7.88. The summed E-state index contributed by atoms with van der Waals surface area (Å²) in [7, 11) is 0.990. The van der Waals surface area contributed by atoms with Gasteiger partial charge in [-0.15, -0.1) is 0 Å². The quantitative estimate of drug-likeness (QED) is 0.513. The number of rotatable bonds is 6. The van der Waals surface area contributed by atoms with E-state index in [0.717, 1.165) is 14.0 Å². The average molecular weight is 394 g/mol. The van der Waals surface area contributed by atoms with Gasteiger partial charge in [-0.1, -0.05) is 54.6 Å². The van der Waals surface area contributed by atoms with Crippen molar-refractivity contribution in [2.24, 2.45) is 0 Å². The van der Waals surface area contributed by atoms with Crippen LogP contribution in [0.15, 0.2) is 54.6 Å². The summed E-state index contributed by atoms with van der Waals surface area (Å²) in [6.45, 7) is 1.06. The molecule has 0 bridgehead atoms. The highest BCUT2D eigenvalue weighted by Gasteiger charge is 2.73. The lowest BCUT2D eigenvalue weighted by atomic mass is 9.83. The molecule has 0 saturated heterocycles. The molecule has 0 heterocycles. The average Bonchev–Trinajstić information content (AvgIpc) is 2.61. The Hall–Kier alpha value is -2.09. The summed E-state index contributed by atoms with van der Waals surface area (Å²) in [5.74, 6) is -11.6. The number of halogens is 7. The SMILES string of the molecule is COC(C)(CC(F)(F)C(F)(F)C(F)(F)F)c1ccccc1-c1ccccc1. The molecule has 8 heteroatoms. The Balaban J connectivity index is 2.53. The van der Waals surface area contributed by atoms with E-state index in [9.17, 15) is 30.7 Å². The highest BCUT2D eigenvalue weighted by Crippen LogP contribution is 2.52. The summed E-state index contributed by atoms with van der Waals surface area (Å²) in [5, 5.41) is 0. The monoisotopic (exact) mass is 394 g/mol. The third-order valence-electron chi connectivity index (χ3n) is 4.41. The van der Waals surface area contributed by atoms with E-state index in [1.807, 2.05) is 0 Å². The maximum atomic E-state index is 14.0. The van der Waals surface area contributed by atoms with E-state index in [1.54, 1.807) is 42.5 Å². The second kappa shape index (κ2) is 7.14. The van der Waals surface area contributed by atoms with Crippen molar-refractivity contribution in [2.75, 3.05) is 7.11 Å². The third kappa shape index (κ3) is 3.95. The van der Waals surface area contributed by atoms with E-state index in [-0.39, 0.29) is 5.56 Å². The lowest BCUT2D eigenvalue weighted by Crippen LogP contribution is -2.54. The number of alkyl halides is 7. The van der Waals surface area contributed by atoms with Gasteiger partial charge in [0.25, 0.3) is 0 Å². The van der Waals surface area contributed by atoms with Gasteiger partial charge in [0, 0.05) is 7.11 Å². The maximum absolute atomic E-state index is 14.0. The molecule has 0 N–H and O–H groups in total. The molecule has 0 aliphatic heterocycles. The Morgan fingerprint density at radius 3 is 1.81 bits per heavy atom. The predicted molar refractivity (Wildman–Crippen MR) is 86.8 cm³/mol. The van der Waals surface area contributed by atoms with Crippen LogP contribution in [0.5, 0.6) is 0 Å². The van der Waals surface area contributed by atoms with Crippen LogP contribution in [0, 0.1) is 0 Å². The van der Waals surface area contributed by atoms with Gasteiger partial charge in [0.15, 0.2) is 0 Å². The van der Waals surface area contributed by atoms with Gasteiger partial charge >= 0.3 is 18.0 Å². The summed E-state index contributed by atoms with van der Waals surface area (Å²) in [6, 6.07) is 14.4. The summed E-state index contributed by atoms with van der Waals surface area (Å²) in [4.78, 5) is 0. The highest BCUT2D eigenvalue weighted by molar-refractivity contribution is 5.68. The molecule has 2 aromatic carbocycles. The van der Waals surface area contributed by atoms with Crippen molar-refractivity contribution in [1.82, 2.24) is 0 Å². The van der Waals surface area contributed by atoms with E-state index in [2.05, 4.69) is 0 Å². The van der Waals surface area contributed by atoms with Gasteiger partial charge in [-0.05, 0) is 23.6 Å². The molecular weight excluding hydrogens is 377 g/mol. The molecule has 148 valence electrons. The zero-order valence-corrected chi connectivity index (χ0v) is 14.5. The van der Waals surface area contributed by atoms with Crippen molar-refractivity contribution in [2.45, 2.75) is 37.0 Å². The molecule has 0 saturated carbocycles. The normalized spacial score (nSPS) is 15.4. The molecule has 1 unspecified atom stereocenters. The fraction of sp³-hybridized carbons (Fsp3) is 0.368. The van der Waals surface area contributed by atoms with Crippen LogP contribution in [0.3, 0.4) is 0 Å². The van der Waals surface area contributed by atoms with Crippen LogP contribution < -0.4 is 0 Å². The van der Waals surface area contributed by atoms with E-state index < -0.39 is 30.0 Å². The fourth-order valence-corrected chi connectivity index (χ4v) is 2.83. The van der Waals surface area contributed by atoms with Gasteiger partial charge < -0.3 is 4.74 Å². The largest absolute Gasteiger partial charge is 0.459 e. The topological polar surface area (TPSA) is 9.23 Å². The molecule has 0 amide bonds. The molecule has 0 spiro atoms. The highest BCUT2D eigenvalue weighted by atomic mass is 19.4. The van der Waals surface area contributed by atoms with Gasteiger partial charge in [-0.3, -0.25) is 0 Å². The predicted octanol–water partition coefficient (Wildman–Crippen LogP) is 6.44. The Bertz CT molecular complexity index is 771. The lowest BCUT2D eigenvalue weighted by Gasteiger charge is -2.37.